The van der Waals surface area contributed by atoms with Crippen molar-refractivity contribution in [2.45, 2.75) is 58.2 Å². The van der Waals surface area contributed by atoms with Gasteiger partial charge in [-0.25, -0.2) is 0 Å². The highest BCUT2D eigenvalue weighted by Crippen LogP contribution is 2.20. The maximum atomic E-state index is 9.50. The van der Waals surface area contributed by atoms with Gasteiger partial charge >= 0.3 is 0 Å². The average Bonchev–Trinajstić information content (AvgIpc) is 2.08. The molecule has 1 aliphatic heterocycles. The summed E-state index contributed by atoms with van der Waals surface area (Å²) in [6.07, 6.45) is 3.21. The molecule has 1 unspecified atom stereocenters. The molecule has 0 aromatic carbocycles. The van der Waals surface area contributed by atoms with Crippen molar-refractivity contribution in [3.63, 3.8) is 0 Å². The van der Waals surface area contributed by atoms with Gasteiger partial charge in [0, 0.05) is 18.6 Å². The third kappa shape index (κ3) is 2.20. The van der Waals surface area contributed by atoms with Crippen LogP contribution in [-0.4, -0.2) is 34.7 Å². The van der Waals surface area contributed by atoms with Crippen LogP contribution in [-0.2, 0) is 0 Å². The highest BCUT2D eigenvalue weighted by molar-refractivity contribution is 4.81. The molecule has 72 valence electrons. The third-order valence-electron chi connectivity index (χ3n) is 3.06. The van der Waals surface area contributed by atoms with Crippen molar-refractivity contribution in [3.05, 3.63) is 0 Å². The summed E-state index contributed by atoms with van der Waals surface area (Å²) in [7, 11) is 0. The van der Waals surface area contributed by atoms with Gasteiger partial charge in [-0.3, -0.25) is 4.90 Å². The number of hydrogen-bond donors (Lipinski definition) is 1. The zero-order valence-electron chi connectivity index (χ0n) is 8.45. The Morgan fingerprint density at radius 3 is 2.75 bits per heavy atom. The summed E-state index contributed by atoms with van der Waals surface area (Å²) in [4.78, 5) is 2.42. The minimum absolute atomic E-state index is 0.0878. The maximum absolute atomic E-state index is 9.50. The molecular formula is C10H21NO. The lowest BCUT2D eigenvalue weighted by atomic mass is 9.99. The summed E-state index contributed by atoms with van der Waals surface area (Å²) >= 11 is 0. The van der Waals surface area contributed by atoms with Crippen molar-refractivity contribution in [1.29, 1.82) is 0 Å². The molecule has 0 radical (unpaired) electrons. The van der Waals surface area contributed by atoms with E-state index in [0.717, 1.165) is 19.4 Å². The van der Waals surface area contributed by atoms with Crippen molar-refractivity contribution in [3.8, 4) is 0 Å². The molecule has 0 amide bonds. The summed E-state index contributed by atoms with van der Waals surface area (Å²) < 4.78 is 0. The van der Waals surface area contributed by atoms with Gasteiger partial charge in [-0.1, -0.05) is 6.92 Å². The Bertz CT molecular complexity index is 134. The first-order valence-electron chi connectivity index (χ1n) is 5.09. The highest BCUT2D eigenvalue weighted by atomic mass is 16.3. The number of hydrogen-bond acceptors (Lipinski definition) is 2. The van der Waals surface area contributed by atoms with E-state index in [1.807, 2.05) is 0 Å². The van der Waals surface area contributed by atoms with Gasteiger partial charge in [-0.05, 0) is 33.1 Å². The van der Waals surface area contributed by atoms with Gasteiger partial charge in [0.1, 0.15) is 0 Å². The van der Waals surface area contributed by atoms with Crippen LogP contribution in [0, 0.1) is 0 Å². The van der Waals surface area contributed by atoms with Gasteiger partial charge in [0.15, 0.2) is 0 Å². The molecule has 1 rings (SSSR count). The number of nitrogens with zero attached hydrogens (tertiary/aromatic N) is 1. The van der Waals surface area contributed by atoms with Crippen LogP contribution in [0.25, 0.3) is 0 Å². The van der Waals surface area contributed by atoms with Crippen LogP contribution in [0.4, 0.5) is 0 Å². The molecule has 12 heavy (non-hydrogen) atoms. The standard InChI is InChI=1S/C10H21NO/c1-4-8(2)11-7-10(12)6-5-9(11)3/h8-10,12H,4-7H2,1-3H3/t8?,9-,10-/m1/s1. The van der Waals surface area contributed by atoms with Crippen LogP contribution in [0.15, 0.2) is 0 Å². The fourth-order valence-corrected chi connectivity index (χ4v) is 1.96. The predicted octanol–water partition coefficient (Wildman–Crippen LogP) is 1.63. The molecular weight excluding hydrogens is 150 g/mol. The van der Waals surface area contributed by atoms with E-state index in [0.29, 0.717) is 12.1 Å². The highest BCUT2D eigenvalue weighted by Gasteiger charge is 2.26. The molecule has 0 aromatic rings. The zero-order chi connectivity index (χ0) is 9.14. The van der Waals surface area contributed by atoms with E-state index < -0.39 is 0 Å². The molecule has 0 aromatic heterocycles. The molecule has 0 saturated carbocycles. The molecule has 0 spiro atoms. The second-order valence-corrected chi connectivity index (χ2v) is 4.03. The van der Waals surface area contributed by atoms with Gasteiger partial charge in [-0.15, -0.1) is 0 Å². The second kappa shape index (κ2) is 4.24. The quantitative estimate of drug-likeness (QED) is 0.682. The molecule has 1 aliphatic rings. The first kappa shape index (κ1) is 10.0. The van der Waals surface area contributed by atoms with Crippen molar-refractivity contribution in [2.24, 2.45) is 0 Å². The van der Waals surface area contributed by atoms with Crippen LogP contribution in [0.3, 0.4) is 0 Å². The molecule has 1 N–H and O–H groups in total. The van der Waals surface area contributed by atoms with E-state index in [2.05, 4.69) is 25.7 Å². The van der Waals surface area contributed by atoms with Crippen LogP contribution in [0.2, 0.25) is 0 Å². The summed E-state index contributed by atoms with van der Waals surface area (Å²) in [5.74, 6) is 0. The predicted molar refractivity (Wildman–Crippen MR) is 51.2 cm³/mol. The fourth-order valence-electron chi connectivity index (χ4n) is 1.96. The normalized spacial score (nSPS) is 35.0. The van der Waals surface area contributed by atoms with E-state index in [1.165, 1.54) is 6.42 Å². The van der Waals surface area contributed by atoms with E-state index >= 15 is 0 Å². The van der Waals surface area contributed by atoms with Gasteiger partial charge in [0.25, 0.3) is 0 Å². The van der Waals surface area contributed by atoms with Gasteiger partial charge in [0.05, 0.1) is 6.10 Å². The van der Waals surface area contributed by atoms with Gasteiger partial charge in [0.2, 0.25) is 0 Å². The van der Waals surface area contributed by atoms with E-state index in [-0.39, 0.29) is 6.10 Å². The lowest BCUT2D eigenvalue weighted by molar-refractivity contribution is 0.0182. The Kier molecular flexibility index (Phi) is 3.53. The summed E-state index contributed by atoms with van der Waals surface area (Å²) in [5.41, 5.74) is 0. The van der Waals surface area contributed by atoms with Crippen LogP contribution >= 0.6 is 0 Å². The van der Waals surface area contributed by atoms with Crippen molar-refractivity contribution >= 4 is 0 Å². The van der Waals surface area contributed by atoms with E-state index in [9.17, 15) is 5.11 Å². The SMILES string of the molecule is CCC(C)N1C[C@H](O)CC[C@H]1C. The number of aliphatic hydroxyl groups excluding tert-OH is 1. The van der Waals surface area contributed by atoms with Crippen LogP contribution < -0.4 is 0 Å². The fraction of sp³-hybridized carbons (Fsp3) is 1.00. The molecule has 1 saturated heterocycles. The molecule has 0 aliphatic carbocycles. The lowest BCUT2D eigenvalue weighted by Crippen LogP contribution is -2.48. The van der Waals surface area contributed by atoms with Crippen molar-refractivity contribution < 1.29 is 5.11 Å². The molecule has 1 fully saturated rings. The number of aliphatic hydroxyl groups is 1. The van der Waals surface area contributed by atoms with E-state index in [1.54, 1.807) is 0 Å². The van der Waals surface area contributed by atoms with Crippen molar-refractivity contribution in [2.75, 3.05) is 6.54 Å². The maximum Gasteiger partial charge on any atom is 0.0667 e. The Labute approximate surface area is 75.6 Å². The van der Waals surface area contributed by atoms with Crippen molar-refractivity contribution in [1.82, 2.24) is 4.90 Å². The topological polar surface area (TPSA) is 23.5 Å². The van der Waals surface area contributed by atoms with Crippen LogP contribution in [0.5, 0.6) is 0 Å². The monoisotopic (exact) mass is 171 g/mol. The van der Waals surface area contributed by atoms with Crippen LogP contribution in [0.1, 0.15) is 40.0 Å². The zero-order valence-corrected chi connectivity index (χ0v) is 8.45. The minimum atomic E-state index is -0.0878. The lowest BCUT2D eigenvalue weighted by Gasteiger charge is -2.39. The molecule has 2 nitrogen and oxygen atoms in total. The number of β-amino-alcohol motifs (C(OH)–C–C–N with tert-alkyl or cyclic N) is 1. The summed E-state index contributed by atoms with van der Waals surface area (Å²) in [6.45, 7) is 7.58. The van der Waals surface area contributed by atoms with Gasteiger partial charge in [-0.2, -0.15) is 0 Å². The average molecular weight is 171 g/mol. The molecule has 3 atom stereocenters. The summed E-state index contributed by atoms with van der Waals surface area (Å²) in [5, 5.41) is 9.50. The largest absolute Gasteiger partial charge is 0.392 e. The smallest absolute Gasteiger partial charge is 0.0667 e. The first-order chi connectivity index (χ1) is 5.65. The third-order valence-corrected chi connectivity index (χ3v) is 3.06. The Morgan fingerprint density at radius 2 is 2.17 bits per heavy atom. The molecule has 2 heteroatoms. The Hall–Kier alpha value is -0.0800. The Balaban J connectivity index is 2.48. The number of likely N-dealkylation sites (tertiary alicyclic amines) is 1. The van der Waals surface area contributed by atoms with E-state index in [4.69, 9.17) is 0 Å². The van der Waals surface area contributed by atoms with Gasteiger partial charge < -0.3 is 5.11 Å². The first-order valence-corrected chi connectivity index (χ1v) is 5.09. The second-order valence-electron chi connectivity index (χ2n) is 4.03. The number of rotatable bonds is 2. The summed E-state index contributed by atoms with van der Waals surface area (Å²) in [6, 6.07) is 1.28. The Morgan fingerprint density at radius 1 is 1.50 bits per heavy atom. The molecule has 1 heterocycles. The minimum Gasteiger partial charge on any atom is -0.392 e. The number of piperidine rings is 1. The molecule has 0 bridgehead atoms.